The lowest BCUT2D eigenvalue weighted by atomic mass is 10.1. The van der Waals surface area contributed by atoms with Crippen LogP contribution < -0.4 is 10.6 Å². The molecule has 1 unspecified atom stereocenters. The molecule has 6 heteroatoms. The first-order valence-electron chi connectivity index (χ1n) is 7.55. The average Bonchev–Trinajstić information content (AvgIpc) is 2.92. The van der Waals surface area contributed by atoms with Crippen LogP contribution in [0.1, 0.15) is 26.0 Å². The predicted octanol–water partition coefficient (Wildman–Crippen LogP) is 3.42. The molecule has 1 aromatic heterocycles. The fraction of sp³-hybridized carbons (Fsp3) is 0.412. The van der Waals surface area contributed by atoms with Crippen LogP contribution in [0.15, 0.2) is 46.1 Å². The number of hydrogen-bond donors (Lipinski definition) is 2. The second-order valence-electron chi connectivity index (χ2n) is 6.31. The molecule has 1 heterocycles. The quantitative estimate of drug-likeness (QED) is 0.447. The van der Waals surface area contributed by atoms with E-state index in [9.17, 15) is 0 Å². The fourth-order valence-electron chi connectivity index (χ4n) is 2.46. The third kappa shape index (κ3) is 4.25. The van der Waals surface area contributed by atoms with Crippen LogP contribution in [0.2, 0.25) is 0 Å². The first-order valence-corrected chi connectivity index (χ1v) is 7.55. The van der Waals surface area contributed by atoms with Gasteiger partial charge in [0.15, 0.2) is 18.1 Å². The maximum Gasteiger partial charge on any atom is 0.191 e. The first-order chi connectivity index (χ1) is 10.6. The summed E-state index contributed by atoms with van der Waals surface area (Å²) in [6.07, 6.45) is 2.66. The van der Waals surface area contributed by atoms with Gasteiger partial charge in [-0.3, -0.25) is 4.99 Å². The summed E-state index contributed by atoms with van der Waals surface area (Å²) < 4.78 is 5.53. The van der Waals surface area contributed by atoms with Crippen LogP contribution in [0, 0.1) is 5.41 Å². The van der Waals surface area contributed by atoms with Gasteiger partial charge in [0.2, 0.25) is 0 Å². The number of aromatic nitrogens is 1. The third-order valence-corrected chi connectivity index (χ3v) is 4.15. The third-order valence-electron chi connectivity index (χ3n) is 4.15. The molecule has 0 bridgehead atoms. The van der Waals surface area contributed by atoms with Crippen molar-refractivity contribution in [3.63, 3.8) is 0 Å². The molecule has 3 rings (SSSR count). The molecule has 0 aliphatic heterocycles. The Bertz CT molecular complexity index is 666. The highest BCUT2D eigenvalue weighted by molar-refractivity contribution is 14.0. The Morgan fingerprint density at radius 1 is 1.35 bits per heavy atom. The molecule has 1 aliphatic carbocycles. The molecule has 1 fully saturated rings. The van der Waals surface area contributed by atoms with Crippen LogP contribution in [0.4, 0.5) is 0 Å². The number of guanidine groups is 1. The van der Waals surface area contributed by atoms with Crippen molar-refractivity contribution in [1.82, 2.24) is 15.6 Å². The van der Waals surface area contributed by atoms with Gasteiger partial charge < -0.3 is 15.1 Å². The molecule has 0 saturated heterocycles. The lowest BCUT2D eigenvalue weighted by Gasteiger charge is -2.12. The van der Waals surface area contributed by atoms with E-state index in [1.807, 2.05) is 30.3 Å². The second-order valence-corrected chi connectivity index (χ2v) is 6.31. The van der Waals surface area contributed by atoms with E-state index in [1.165, 1.54) is 12.8 Å². The number of benzene rings is 1. The topological polar surface area (TPSA) is 62.5 Å². The molecule has 1 aromatic carbocycles. The number of halogens is 1. The largest absolute Gasteiger partial charge is 0.443 e. The number of aliphatic imine (C=N–C) groups is 1. The van der Waals surface area contributed by atoms with E-state index in [4.69, 9.17) is 4.42 Å². The molecule has 0 spiro atoms. The van der Waals surface area contributed by atoms with Gasteiger partial charge in [-0.25, -0.2) is 4.98 Å². The Kier molecular flexibility index (Phi) is 5.67. The molecule has 2 aromatic rings. The van der Waals surface area contributed by atoms with Gasteiger partial charge in [0.1, 0.15) is 5.69 Å². The van der Waals surface area contributed by atoms with E-state index in [0.29, 0.717) is 18.0 Å². The number of nitrogens with zero attached hydrogens (tertiary/aromatic N) is 2. The van der Waals surface area contributed by atoms with E-state index >= 15 is 0 Å². The first kappa shape index (κ1) is 17.8. The normalized spacial score (nSPS) is 18.9. The molecular weight excluding hydrogens is 403 g/mol. The number of oxazole rings is 1. The van der Waals surface area contributed by atoms with Crippen LogP contribution in [0.25, 0.3) is 11.3 Å². The Balaban J connectivity index is 0.00000192. The molecule has 1 aliphatic rings. The van der Waals surface area contributed by atoms with Gasteiger partial charge >= 0.3 is 0 Å². The lowest BCUT2D eigenvalue weighted by molar-refractivity contribution is 0.570. The Hall–Kier alpha value is -1.57. The van der Waals surface area contributed by atoms with Crippen molar-refractivity contribution < 1.29 is 4.42 Å². The molecule has 1 saturated carbocycles. The highest BCUT2D eigenvalue weighted by Crippen LogP contribution is 2.44. The maximum atomic E-state index is 5.53. The summed E-state index contributed by atoms with van der Waals surface area (Å²) in [6.45, 7) is 5.08. The van der Waals surface area contributed by atoms with Gasteiger partial charge in [0.05, 0.1) is 6.54 Å². The minimum Gasteiger partial charge on any atom is -0.443 e. The smallest absolute Gasteiger partial charge is 0.191 e. The number of rotatable bonds is 4. The van der Waals surface area contributed by atoms with Gasteiger partial charge in [0.25, 0.3) is 0 Å². The van der Waals surface area contributed by atoms with Crippen molar-refractivity contribution in [2.75, 3.05) is 7.05 Å². The fourth-order valence-corrected chi connectivity index (χ4v) is 2.46. The van der Waals surface area contributed by atoms with Gasteiger partial charge in [-0.1, -0.05) is 44.2 Å². The van der Waals surface area contributed by atoms with E-state index < -0.39 is 0 Å². The zero-order valence-electron chi connectivity index (χ0n) is 13.7. The summed E-state index contributed by atoms with van der Waals surface area (Å²) in [7, 11) is 1.78. The Labute approximate surface area is 154 Å². The lowest BCUT2D eigenvalue weighted by Crippen LogP contribution is -2.39. The molecule has 124 valence electrons. The minimum atomic E-state index is 0. The van der Waals surface area contributed by atoms with Crippen LogP contribution in [-0.2, 0) is 6.54 Å². The van der Waals surface area contributed by atoms with Crippen LogP contribution in [0.5, 0.6) is 0 Å². The molecule has 5 nitrogen and oxygen atoms in total. The van der Waals surface area contributed by atoms with Crippen molar-refractivity contribution in [1.29, 1.82) is 0 Å². The summed E-state index contributed by atoms with van der Waals surface area (Å²) in [5.41, 5.74) is 2.27. The highest BCUT2D eigenvalue weighted by atomic mass is 127. The monoisotopic (exact) mass is 426 g/mol. The summed E-state index contributed by atoms with van der Waals surface area (Å²) in [5, 5.41) is 6.74. The van der Waals surface area contributed by atoms with Crippen LogP contribution in [-0.4, -0.2) is 24.0 Å². The van der Waals surface area contributed by atoms with Crippen molar-refractivity contribution in [2.45, 2.75) is 32.9 Å². The van der Waals surface area contributed by atoms with Gasteiger partial charge in [-0.05, 0) is 11.8 Å². The summed E-state index contributed by atoms with van der Waals surface area (Å²) >= 11 is 0. The molecule has 0 amide bonds. The zero-order chi connectivity index (χ0) is 15.6. The highest BCUT2D eigenvalue weighted by Gasteiger charge is 2.46. The van der Waals surface area contributed by atoms with Gasteiger partial charge in [0, 0.05) is 18.7 Å². The molecular formula is C17H23IN4O. The predicted molar refractivity (Wildman–Crippen MR) is 103 cm³/mol. The van der Waals surface area contributed by atoms with Crippen molar-refractivity contribution in [3.05, 3.63) is 42.4 Å². The maximum absolute atomic E-state index is 5.53. The van der Waals surface area contributed by atoms with E-state index in [1.54, 1.807) is 7.05 Å². The SMILES string of the molecule is CN=C(NCc1ncoc1-c1ccccc1)NC1CC1(C)C.I. The van der Waals surface area contributed by atoms with Crippen molar-refractivity contribution in [3.8, 4) is 11.3 Å². The standard InChI is InChI=1S/C17H22N4O.HI/c1-17(2)9-14(17)21-16(18-3)19-10-13-15(22-11-20-13)12-7-5-4-6-8-12;/h4-8,11,14H,9-10H2,1-3H3,(H2,18,19,21);1H. The number of hydrogen-bond acceptors (Lipinski definition) is 3. The van der Waals surface area contributed by atoms with E-state index in [2.05, 4.69) is 34.5 Å². The molecule has 0 radical (unpaired) electrons. The summed E-state index contributed by atoms with van der Waals surface area (Å²) in [4.78, 5) is 8.58. The minimum absolute atomic E-state index is 0. The van der Waals surface area contributed by atoms with E-state index in [0.717, 1.165) is 23.0 Å². The molecule has 1 atom stereocenters. The van der Waals surface area contributed by atoms with Gasteiger partial charge in [-0.2, -0.15) is 0 Å². The average molecular weight is 426 g/mol. The van der Waals surface area contributed by atoms with E-state index in [-0.39, 0.29) is 24.0 Å². The van der Waals surface area contributed by atoms with Crippen molar-refractivity contribution >= 4 is 29.9 Å². The van der Waals surface area contributed by atoms with Crippen LogP contribution >= 0.6 is 24.0 Å². The Morgan fingerprint density at radius 2 is 2.04 bits per heavy atom. The Morgan fingerprint density at radius 3 is 2.65 bits per heavy atom. The van der Waals surface area contributed by atoms with Crippen molar-refractivity contribution in [2.24, 2.45) is 10.4 Å². The van der Waals surface area contributed by atoms with Gasteiger partial charge in [-0.15, -0.1) is 24.0 Å². The molecule has 2 N–H and O–H groups in total. The van der Waals surface area contributed by atoms with Crippen LogP contribution in [0.3, 0.4) is 0 Å². The zero-order valence-corrected chi connectivity index (χ0v) is 16.0. The second kappa shape index (κ2) is 7.33. The summed E-state index contributed by atoms with van der Waals surface area (Å²) in [6, 6.07) is 10.5. The number of nitrogens with one attached hydrogen (secondary N) is 2. The summed E-state index contributed by atoms with van der Waals surface area (Å²) in [5.74, 6) is 1.60. The molecule has 23 heavy (non-hydrogen) atoms.